The second kappa shape index (κ2) is 9.11. The maximum absolute atomic E-state index is 10.3. The highest BCUT2D eigenvalue weighted by Gasteiger charge is 2.12. The van der Waals surface area contributed by atoms with Gasteiger partial charge in [-0.2, -0.15) is 4.98 Å². The lowest BCUT2D eigenvalue weighted by Gasteiger charge is -2.18. The van der Waals surface area contributed by atoms with E-state index in [0.717, 1.165) is 16.9 Å². The van der Waals surface area contributed by atoms with Gasteiger partial charge < -0.3 is 15.3 Å². The Morgan fingerprint density at radius 1 is 0.833 bits per heavy atom. The quantitative estimate of drug-likeness (QED) is 0.489. The van der Waals surface area contributed by atoms with Crippen LogP contribution in [0.2, 0.25) is 0 Å². The van der Waals surface area contributed by atoms with Gasteiger partial charge in [0.1, 0.15) is 11.6 Å². The zero-order chi connectivity index (χ0) is 20.8. The van der Waals surface area contributed by atoms with Crippen molar-refractivity contribution >= 4 is 17.6 Å². The zero-order valence-corrected chi connectivity index (χ0v) is 16.6. The fraction of sp³-hybridized carbons (Fsp3) is 0.130. The first-order chi connectivity index (χ1) is 14.7. The average molecular weight is 398 g/mol. The molecule has 150 valence electrons. The van der Waals surface area contributed by atoms with Gasteiger partial charge in [0.25, 0.3) is 0 Å². The highest BCUT2D eigenvalue weighted by molar-refractivity contribution is 5.61. The summed E-state index contributed by atoms with van der Waals surface area (Å²) in [6.45, 7) is 0.308. The molecule has 0 radical (unpaired) electrons. The molecule has 0 fully saturated rings. The molecular formula is C23H22N6O. The number of rotatable bonds is 7. The summed E-state index contributed by atoms with van der Waals surface area (Å²) in [7, 11) is 1.89. The number of aliphatic hydroxyl groups excluding tert-OH is 1. The lowest BCUT2D eigenvalue weighted by atomic mass is 10.1. The van der Waals surface area contributed by atoms with Gasteiger partial charge in [0.2, 0.25) is 5.95 Å². The summed E-state index contributed by atoms with van der Waals surface area (Å²) >= 11 is 0. The van der Waals surface area contributed by atoms with E-state index in [2.05, 4.69) is 25.3 Å². The Morgan fingerprint density at radius 2 is 1.47 bits per heavy atom. The first-order valence-corrected chi connectivity index (χ1v) is 9.63. The molecule has 2 N–H and O–H groups in total. The van der Waals surface area contributed by atoms with Gasteiger partial charge in [-0.05, 0) is 17.7 Å². The van der Waals surface area contributed by atoms with Crippen molar-refractivity contribution in [2.24, 2.45) is 0 Å². The molecule has 0 aliphatic rings. The van der Waals surface area contributed by atoms with E-state index < -0.39 is 6.10 Å². The number of aromatic nitrogens is 4. The van der Waals surface area contributed by atoms with E-state index in [0.29, 0.717) is 24.1 Å². The molecule has 0 saturated heterocycles. The highest BCUT2D eigenvalue weighted by Crippen LogP contribution is 2.23. The van der Waals surface area contributed by atoms with Crippen LogP contribution >= 0.6 is 0 Å². The monoisotopic (exact) mass is 398 g/mol. The van der Waals surface area contributed by atoms with Gasteiger partial charge in [-0.25, -0.2) is 15.0 Å². The molecule has 1 atom stereocenters. The van der Waals surface area contributed by atoms with Crippen molar-refractivity contribution in [1.29, 1.82) is 0 Å². The average Bonchev–Trinajstić information content (AvgIpc) is 2.83. The molecule has 0 saturated carbocycles. The molecule has 4 aromatic rings. The zero-order valence-electron chi connectivity index (χ0n) is 16.6. The molecule has 7 heteroatoms. The summed E-state index contributed by atoms with van der Waals surface area (Å²) in [5.74, 6) is 2.49. The Morgan fingerprint density at radius 3 is 2.20 bits per heavy atom. The van der Waals surface area contributed by atoms with Crippen molar-refractivity contribution in [2.75, 3.05) is 23.8 Å². The first-order valence-electron chi connectivity index (χ1n) is 9.63. The van der Waals surface area contributed by atoms with Crippen LogP contribution in [0.4, 0.5) is 17.6 Å². The maximum atomic E-state index is 10.3. The minimum absolute atomic E-state index is 0.308. The molecule has 7 nitrogen and oxygen atoms in total. The molecule has 0 aliphatic carbocycles. The minimum atomic E-state index is -0.647. The molecule has 2 heterocycles. The van der Waals surface area contributed by atoms with Crippen molar-refractivity contribution in [3.8, 4) is 11.4 Å². The molecule has 4 rings (SSSR count). The molecule has 30 heavy (non-hydrogen) atoms. The second-order valence-corrected chi connectivity index (χ2v) is 6.71. The number of nitrogens with zero attached hydrogens (tertiary/aromatic N) is 5. The van der Waals surface area contributed by atoms with E-state index in [1.165, 1.54) is 0 Å². The van der Waals surface area contributed by atoms with Crippen LogP contribution in [-0.4, -0.2) is 38.6 Å². The van der Waals surface area contributed by atoms with Gasteiger partial charge in [0.15, 0.2) is 5.82 Å². The Bertz CT molecular complexity index is 1090. The van der Waals surface area contributed by atoms with Crippen LogP contribution in [0.5, 0.6) is 0 Å². The van der Waals surface area contributed by atoms with Crippen LogP contribution in [0, 0.1) is 0 Å². The van der Waals surface area contributed by atoms with Gasteiger partial charge in [-0.15, -0.1) is 0 Å². The van der Waals surface area contributed by atoms with E-state index in [4.69, 9.17) is 0 Å². The number of hydrogen-bond donors (Lipinski definition) is 2. The van der Waals surface area contributed by atoms with Crippen molar-refractivity contribution in [1.82, 2.24) is 19.9 Å². The number of nitrogens with one attached hydrogen (secondary N) is 1. The molecule has 2 aromatic carbocycles. The summed E-state index contributed by atoms with van der Waals surface area (Å²) in [5, 5.41) is 13.4. The summed E-state index contributed by atoms with van der Waals surface area (Å²) in [6.07, 6.45) is 2.76. The SMILES string of the molecule is CN(c1ccnc(NC[C@H](O)c2ccccc2)n1)c1ccnc(-c2ccccc2)n1. The van der Waals surface area contributed by atoms with Crippen LogP contribution in [0.1, 0.15) is 11.7 Å². The Hall–Kier alpha value is -3.84. The summed E-state index contributed by atoms with van der Waals surface area (Å²) in [6, 6.07) is 23.0. The largest absolute Gasteiger partial charge is 0.387 e. The van der Waals surface area contributed by atoms with Gasteiger partial charge in [0, 0.05) is 31.5 Å². The number of benzene rings is 2. The number of aliphatic hydroxyl groups is 1. The molecule has 0 amide bonds. The maximum Gasteiger partial charge on any atom is 0.224 e. The summed E-state index contributed by atoms with van der Waals surface area (Å²) in [4.78, 5) is 19.7. The number of anilines is 3. The first kappa shape index (κ1) is 19.5. The van der Waals surface area contributed by atoms with E-state index in [1.807, 2.05) is 84.7 Å². The Labute approximate surface area is 175 Å². The van der Waals surface area contributed by atoms with Crippen LogP contribution in [0.25, 0.3) is 11.4 Å². The summed E-state index contributed by atoms with van der Waals surface area (Å²) < 4.78 is 0. The smallest absolute Gasteiger partial charge is 0.224 e. The normalized spacial score (nSPS) is 11.7. The van der Waals surface area contributed by atoms with Crippen LogP contribution < -0.4 is 10.2 Å². The Balaban J connectivity index is 1.48. The van der Waals surface area contributed by atoms with Crippen LogP contribution in [0.15, 0.2) is 85.2 Å². The lowest BCUT2D eigenvalue weighted by molar-refractivity contribution is 0.191. The molecular weight excluding hydrogens is 376 g/mol. The van der Waals surface area contributed by atoms with Crippen molar-refractivity contribution in [2.45, 2.75) is 6.10 Å². The van der Waals surface area contributed by atoms with Gasteiger partial charge in [-0.3, -0.25) is 0 Å². The highest BCUT2D eigenvalue weighted by atomic mass is 16.3. The summed E-state index contributed by atoms with van der Waals surface area (Å²) in [5.41, 5.74) is 1.79. The number of hydrogen-bond acceptors (Lipinski definition) is 7. The fourth-order valence-electron chi connectivity index (χ4n) is 2.98. The van der Waals surface area contributed by atoms with Gasteiger partial charge >= 0.3 is 0 Å². The third kappa shape index (κ3) is 4.59. The van der Waals surface area contributed by atoms with E-state index >= 15 is 0 Å². The van der Waals surface area contributed by atoms with Gasteiger partial charge in [0.05, 0.1) is 6.10 Å². The van der Waals surface area contributed by atoms with Crippen molar-refractivity contribution in [3.63, 3.8) is 0 Å². The third-order valence-electron chi connectivity index (χ3n) is 4.64. The fourth-order valence-corrected chi connectivity index (χ4v) is 2.98. The third-order valence-corrected chi connectivity index (χ3v) is 4.64. The van der Waals surface area contributed by atoms with Crippen molar-refractivity contribution in [3.05, 3.63) is 90.8 Å². The van der Waals surface area contributed by atoms with E-state index in [-0.39, 0.29) is 0 Å². The van der Waals surface area contributed by atoms with E-state index in [9.17, 15) is 5.11 Å². The predicted octanol–water partition coefficient (Wildman–Crippen LogP) is 3.85. The molecule has 0 bridgehead atoms. The standard InChI is InChI=1S/C23H22N6O/c1-29(20-12-14-24-22(27-20)18-10-6-3-7-11-18)21-13-15-25-23(28-21)26-16-19(30)17-8-4-2-5-9-17/h2-15,19,30H,16H2,1H3,(H,25,26,28)/t19-/m0/s1. The van der Waals surface area contributed by atoms with Crippen LogP contribution in [-0.2, 0) is 0 Å². The second-order valence-electron chi connectivity index (χ2n) is 6.71. The molecule has 0 spiro atoms. The molecule has 2 aromatic heterocycles. The minimum Gasteiger partial charge on any atom is -0.387 e. The molecule has 0 aliphatic heterocycles. The van der Waals surface area contributed by atoms with Crippen LogP contribution in [0.3, 0.4) is 0 Å². The Kier molecular flexibility index (Phi) is 5.91. The molecule has 0 unspecified atom stereocenters. The topological polar surface area (TPSA) is 87.1 Å². The predicted molar refractivity (Wildman–Crippen MR) is 117 cm³/mol. The lowest BCUT2D eigenvalue weighted by Crippen LogP contribution is -2.17. The van der Waals surface area contributed by atoms with Crippen molar-refractivity contribution < 1.29 is 5.11 Å². The van der Waals surface area contributed by atoms with Gasteiger partial charge in [-0.1, -0.05) is 60.7 Å². The van der Waals surface area contributed by atoms with E-state index in [1.54, 1.807) is 12.4 Å².